The molecule has 1 aliphatic rings. The van der Waals surface area contributed by atoms with E-state index >= 15 is 0 Å². The Morgan fingerprint density at radius 2 is 0.965 bits per heavy atom. The zero-order valence-corrected chi connectivity index (χ0v) is 31.9. The van der Waals surface area contributed by atoms with E-state index in [9.17, 15) is 0 Å². The average molecular weight is 730 g/mol. The van der Waals surface area contributed by atoms with Crippen LogP contribution in [0.4, 0.5) is 0 Å². The van der Waals surface area contributed by atoms with Crippen LogP contribution in [0, 0.1) is 13.8 Å². The number of aryl methyl sites for hydroxylation is 2. The van der Waals surface area contributed by atoms with Crippen molar-refractivity contribution >= 4 is 0 Å². The molecule has 7 aromatic carbocycles. The van der Waals surface area contributed by atoms with Crippen LogP contribution >= 0.6 is 0 Å². The molecule has 0 N–H and O–H groups in total. The SMILES string of the molecule is Cc1cc(-c2ccccc2)nc(-c2cccc(C3(c4ccccc4)c4ccccc4-c4c(-c5ccc(-c6ccccc6-c6cccnc6C)cc5)cccc43)c2)n1. The summed E-state index contributed by atoms with van der Waals surface area (Å²) in [6.45, 7) is 4.12. The molecular weight excluding hydrogens is 691 g/mol. The molecule has 1 aliphatic carbocycles. The molecule has 2 aromatic heterocycles. The molecule has 0 aliphatic heterocycles. The third-order valence-electron chi connectivity index (χ3n) is 11.5. The highest BCUT2D eigenvalue weighted by Gasteiger charge is 2.47. The number of nitrogens with zero attached hydrogens (tertiary/aromatic N) is 3. The molecule has 0 saturated heterocycles. The largest absolute Gasteiger partial charge is 0.261 e. The summed E-state index contributed by atoms with van der Waals surface area (Å²) in [5, 5.41) is 0. The Morgan fingerprint density at radius 1 is 0.386 bits per heavy atom. The van der Waals surface area contributed by atoms with E-state index in [0.29, 0.717) is 0 Å². The van der Waals surface area contributed by atoms with Crippen LogP contribution in [0.1, 0.15) is 33.6 Å². The Hall–Kier alpha value is -7.23. The van der Waals surface area contributed by atoms with Gasteiger partial charge in [-0.3, -0.25) is 4.98 Å². The highest BCUT2D eigenvalue weighted by molar-refractivity contribution is 5.96. The number of hydrogen-bond acceptors (Lipinski definition) is 3. The van der Waals surface area contributed by atoms with E-state index in [1.54, 1.807) is 0 Å². The quantitative estimate of drug-likeness (QED) is 0.164. The first-order valence-electron chi connectivity index (χ1n) is 19.5. The maximum absolute atomic E-state index is 5.12. The van der Waals surface area contributed by atoms with Crippen LogP contribution in [0.3, 0.4) is 0 Å². The monoisotopic (exact) mass is 729 g/mol. The Labute approximate surface area is 334 Å². The number of rotatable bonds is 7. The smallest absolute Gasteiger partial charge is 0.160 e. The lowest BCUT2D eigenvalue weighted by molar-refractivity contribution is 0.768. The second kappa shape index (κ2) is 14.1. The molecule has 10 rings (SSSR count). The molecule has 0 fully saturated rings. The highest BCUT2D eigenvalue weighted by atomic mass is 14.9. The van der Waals surface area contributed by atoms with Crippen molar-refractivity contribution in [3.8, 4) is 67.2 Å². The van der Waals surface area contributed by atoms with Crippen LogP contribution < -0.4 is 0 Å². The molecule has 270 valence electrons. The van der Waals surface area contributed by atoms with Crippen LogP contribution in [0.25, 0.3) is 67.2 Å². The molecule has 3 nitrogen and oxygen atoms in total. The number of aromatic nitrogens is 3. The fraction of sp³-hybridized carbons (Fsp3) is 0.0556. The lowest BCUT2D eigenvalue weighted by atomic mass is 9.67. The summed E-state index contributed by atoms with van der Waals surface area (Å²) in [5.74, 6) is 0.722. The van der Waals surface area contributed by atoms with Gasteiger partial charge in [-0.25, -0.2) is 9.97 Å². The lowest BCUT2D eigenvalue weighted by Crippen LogP contribution is -2.28. The van der Waals surface area contributed by atoms with E-state index in [2.05, 4.69) is 194 Å². The van der Waals surface area contributed by atoms with Crippen LogP contribution in [0.15, 0.2) is 200 Å². The summed E-state index contributed by atoms with van der Waals surface area (Å²) in [6, 6.07) is 69.9. The predicted octanol–water partition coefficient (Wildman–Crippen LogP) is 13.2. The molecule has 0 bridgehead atoms. The second-order valence-corrected chi connectivity index (χ2v) is 14.8. The first kappa shape index (κ1) is 34.3. The first-order valence-corrected chi connectivity index (χ1v) is 19.5. The molecule has 2 heterocycles. The van der Waals surface area contributed by atoms with Gasteiger partial charge in [0.15, 0.2) is 5.82 Å². The number of benzene rings is 7. The zero-order chi connectivity index (χ0) is 38.3. The molecule has 57 heavy (non-hydrogen) atoms. The van der Waals surface area contributed by atoms with Crippen LogP contribution in [0.2, 0.25) is 0 Å². The molecule has 9 aromatic rings. The van der Waals surface area contributed by atoms with Gasteiger partial charge in [-0.05, 0) is 93.2 Å². The van der Waals surface area contributed by atoms with Gasteiger partial charge in [0.25, 0.3) is 0 Å². The third-order valence-corrected chi connectivity index (χ3v) is 11.5. The van der Waals surface area contributed by atoms with Gasteiger partial charge in [-0.1, -0.05) is 176 Å². The number of pyridine rings is 1. The Balaban J connectivity index is 1.14. The zero-order valence-electron chi connectivity index (χ0n) is 31.9. The molecule has 0 amide bonds. The van der Waals surface area contributed by atoms with Crippen molar-refractivity contribution in [3.63, 3.8) is 0 Å². The maximum atomic E-state index is 5.12. The van der Waals surface area contributed by atoms with Gasteiger partial charge in [0, 0.05) is 34.3 Å². The van der Waals surface area contributed by atoms with Gasteiger partial charge >= 0.3 is 0 Å². The minimum Gasteiger partial charge on any atom is -0.261 e. The van der Waals surface area contributed by atoms with Crippen molar-refractivity contribution < 1.29 is 0 Å². The summed E-state index contributed by atoms with van der Waals surface area (Å²) in [7, 11) is 0. The van der Waals surface area contributed by atoms with Crippen molar-refractivity contribution in [2.24, 2.45) is 0 Å². The molecule has 0 saturated carbocycles. The van der Waals surface area contributed by atoms with Crippen LogP contribution in [-0.2, 0) is 5.41 Å². The minimum atomic E-state index is -0.578. The Bertz CT molecular complexity index is 2920. The third kappa shape index (κ3) is 5.79. The standard InChI is InChI=1S/C54H39N3/c1-36-34-51(40-16-5-3-6-17-40)57-53(56-36)41-18-13-21-43(35-41)54(42-19-7-4-8-20-42)49-27-12-11-24-48(49)52-46(25-14-28-50(52)54)39-31-29-38(30-32-39)45-22-9-10-23-47(45)44-26-15-33-55-37(44)2/h3-35H,1-2H3. The first-order chi connectivity index (χ1) is 28.1. The van der Waals surface area contributed by atoms with Gasteiger partial charge in [0.1, 0.15) is 0 Å². The number of hydrogen-bond donors (Lipinski definition) is 0. The van der Waals surface area contributed by atoms with Gasteiger partial charge in [-0.15, -0.1) is 0 Å². The van der Waals surface area contributed by atoms with Crippen LogP contribution in [0.5, 0.6) is 0 Å². The topological polar surface area (TPSA) is 38.7 Å². The Kier molecular flexibility index (Phi) is 8.49. The van der Waals surface area contributed by atoms with E-state index < -0.39 is 5.41 Å². The van der Waals surface area contributed by atoms with Crippen molar-refractivity contribution in [2.45, 2.75) is 19.3 Å². The van der Waals surface area contributed by atoms with Gasteiger partial charge in [0.05, 0.1) is 11.1 Å². The second-order valence-electron chi connectivity index (χ2n) is 14.8. The molecule has 3 heteroatoms. The molecular formula is C54H39N3. The van der Waals surface area contributed by atoms with E-state index in [0.717, 1.165) is 39.6 Å². The maximum Gasteiger partial charge on any atom is 0.160 e. The van der Waals surface area contributed by atoms with Gasteiger partial charge in [0.2, 0.25) is 0 Å². The molecule has 0 spiro atoms. The van der Waals surface area contributed by atoms with Gasteiger partial charge < -0.3 is 0 Å². The van der Waals surface area contributed by atoms with E-state index in [1.165, 1.54) is 61.2 Å². The molecule has 1 unspecified atom stereocenters. The molecule has 1 atom stereocenters. The predicted molar refractivity (Wildman–Crippen MR) is 234 cm³/mol. The van der Waals surface area contributed by atoms with Crippen molar-refractivity contribution in [1.29, 1.82) is 0 Å². The van der Waals surface area contributed by atoms with E-state index in [-0.39, 0.29) is 0 Å². The summed E-state index contributed by atoms with van der Waals surface area (Å²) >= 11 is 0. The minimum absolute atomic E-state index is 0.578. The van der Waals surface area contributed by atoms with E-state index in [1.807, 2.05) is 25.3 Å². The number of fused-ring (bicyclic) bond motifs is 3. The fourth-order valence-corrected chi connectivity index (χ4v) is 8.96. The summed E-state index contributed by atoms with van der Waals surface area (Å²) < 4.78 is 0. The lowest BCUT2D eigenvalue weighted by Gasteiger charge is -2.34. The van der Waals surface area contributed by atoms with Crippen molar-refractivity contribution in [2.75, 3.05) is 0 Å². The Morgan fingerprint density at radius 3 is 1.74 bits per heavy atom. The average Bonchev–Trinajstić information content (AvgIpc) is 3.58. The van der Waals surface area contributed by atoms with Crippen molar-refractivity contribution in [3.05, 3.63) is 234 Å². The van der Waals surface area contributed by atoms with Crippen molar-refractivity contribution in [1.82, 2.24) is 15.0 Å². The van der Waals surface area contributed by atoms with Gasteiger partial charge in [-0.2, -0.15) is 0 Å². The molecule has 0 radical (unpaired) electrons. The summed E-state index contributed by atoms with van der Waals surface area (Å²) in [5.41, 5.74) is 18.9. The fourth-order valence-electron chi connectivity index (χ4n) is 8.96. The summed E-state index contributed by atoms with van der Waals surface area (Å²) in [6.07, 6.45) is 1.86. The highest BCUT2D eigenvalue weighted by Crippen LogP contribution is 2.58. The summed E-state index contributed by atoms with van der Waals surface area (Å²) in [4.78, 5) is 14.7. The van der Waals surface area contributed by atoms with E-state index in [4.69, 9.17) is 9.97 Å². The van der Waals surface area contributed by atoms with Crippen LogP contribution in [-0.4, -0.2) is 15.0 Å². The normalized spacial score (nSPS) is 14.2.